The van der Waals surface area contributed by atoms with Crippen LogP contribution in [0, 0.1) is 0 Å². The van der Waals surface area contributed by atoms with E-state index in [9.17, 15) is 0 Å². The third kappa shape index (κ3) is 14.7. The van der Waals surface area contributed by atoms with E-state index in [1.807, 2.05) is 0 Å². The number of rotatable bonds is 18. The summed E-state index contributed by atoms with van der Waals surface area (Å²) in [4.78, 5) is 9.32. The highest BCUT2D eigenvalue weighted by Gasteiger charge is 2.26. The molecule has 0 saturated heterocycles. The lowest BCUT2D eigenvalue weighted by Gasteiger charge is -2.26. The van der Waals surface area contributed by atoms with Gasteiger partial charge in [-0.15, -0.1) is 0 Å². The standard InChI is InChI=1S/C68H46N2O.C56H38N2O/c1-5-15-47(16-6-1)51-25-33-55(34-26-51)69(56-35-27-52(28-36-56)48-17-7-2-8-18-48)59-41-43-63-65(45-59)61-23-13-14-24-62(61)67-64-44-42-60(46-66(64)71-68(63)67)70(57-37-29-53(30-38-57)49-19-9-3-10-20-49)58-39-31-54(32-40-58)50-21-11-4-12-22-50;1-5-15-39(16-6-1)41-25-29-45(30-26-41)58(46-31-27-42(28-32-46)40-17-7-2-8-18-40)48-34-36-52-54(38-48)59-56-51-35-33-47(37-53(51)49-23-13-14-24-50(49)55(52)56)57(43-19-9-3-10-20-43)44-21-11-4-12-22-44/h1-46H;1-38H. The molecule has 0 radical (unpaired) electrons. The minimum Gasteiger partial charge on any atom is -0.455 e. The maximum Gasteiger partial charge on any atom is 0.143 e. The molecule has 24 rings (SSSR count). The van der Waals surface area contributed by atoms with Gasteiger partial charge in [0.2, 0.25) is 0 Å². The van der Waals surface area contributed by atoms with Crippen molar-refractivity contribution >= 4 is 155 Å². The summed E-state index contributed by atoms with van der Waals surface area (Å²) in [5.74, 6) is 0. The van der Waals surface area contributed by atoms with Gasteiger partial charge in [-0.2, -0.15) is 0 Å². The van der Waals surface area contributed by atoms with E-state index in [1.54, 1.807) is 0 Å². The van der Waals surface area contributed by atoms with Gasteiger partial charge < -0.3 is 28.4 Å². The number of hydrogen-bond acceptors (Lipinski definition) is 6. The van der Waals surface area contributed by atoms with E-state index >= 15 is 0 Å². The summed E-state index contributed by atoms with van der Waals surface area (Å²) in [6, 6.07) is 182. The van der Waals surface area contributed by atoms with Crippen LogP contribution >= 0.6 is 0 Å². The van der Waals surface area contributed by atoms with Gasteiger partial charge in [-0.3, -0.25) is 0 Å². The van der Waals surface area contributed by atoms with Crippen molar-refractivity contribution in [3.63, 3.8) is 0 Å². The van der Waals surface area contributed by atoms with Crippen LogP contribution in [0.15, 0.2) is 518 Å². The van der Waals surface area contributed by atoms with Gasteiger partial charge in [-0.1, -0.05) is 340 Å². The lowest BCUT2D eigenvalue weighted by molar-refractivity contribution is 0.672. The number of anilines is 12. The van der Waals surface area contributed by atoms with E-state index in [0.717, 1.165) is 139 Å². The number of para-hydroxylation sites is 2. The van der Waals surface area contributed by atoms with Crippen LogP contribution in [0.4, 0.5) is 68.2 Å². The molecular formula is C124H84N4O2. The Labute approximate surface area is 754 Å². The molecular weight excluding hydrogens is 1580 g/mol. The maximum atomic E-state index is 7.13. The third-order valence-electron chi connectivity index (χ3n) is 25.3. The first-order valence-electron chi connectivity index (χ1n) is 44.3. The first kappa shape index (κ1) is 77.5. The first-order chi connectivity index (χ1) is 64.5. The average molecular weight is 1660 g/mol. The van der Waals surface area contributed by atoms with Crippen molar-refractivity contribution in [3.8, 4) is 66.8 Å². The minimum absolute atomic E-state index is 0.838. The monoisotopic (exact) mass is 1660 g/mol. The van der Waals surface area contributed by atoms with Gasteiger partial charge in [0.25, 0.3) is 0 Å². The highest BCUT2D eigenvalue weighted by atomic mass is 16.3. The largest absolute Gasteiger partial charge is 0.455 e. The summed E-state index contributed by atoms with van der Waals surface area (Å²) in [6.07, 6.45) is 0. The fourth-order valence-corrected chi connectivity index (χ4v) is 19.0. The molecule has 0 unspecified atom stereocenters. The molecule has 0 aliphatic rings. The van der Waals surface area contributed by atoms with E-state index in [4.69, 9.17) is 8.83 Å². The summed E-state index contributed by atoms with van der Waals surface area (Å²) in [5, 5.41) is 13.6. The Morgan fingerprint density at radius 1 is 0.115 bits per heavy atom. The molecule has 0 N–H and O–H groups in total. The molecule has 0 atom stereocenters. The zero-order chi connectivity index (χ0) is 86.2. The van der Waals surface area contributed by atoms with Crippen molar-refractivity contribution < 1.29 is 8.83 Å². The molecule has 0 fully saturated rings. The third-order valence-corrected chi connectivity index (χ3v) is 25.3. The van der Waals surface area contributed by atoms with E-state index in [2.05, 4.69) is 529 Å². The molecule has 0 saturated carbocycles. The van der Waals surface area contributed by atoms with Crippen LogP contribution in [0.25, 0.3) is 154 Å². The van der Waals surface area contributed by atoms with Crippen LogP contribution in [-0.4, -0.2) is 0 Å². The SMILES string of the molecule is c1ccc(-c2ccc(N(c3ccc(-c4ccccc4)cc3)c3ccc4c(c3)oc3c5ccc(N(c6ccc(-c7ccccc7)cc6)c6ccc(-c7ccccc7)cc6)cc5c5ccccc5c43)cc2)cc1.c1ccc(-c2ccc(N(c3ccc(-c4ccccc4)cc3)c3ccc4c(c3)oc3c5ccc(N(c6ccccc6)c6ccccc6)cc5c5ccccc5c43)cc2)cc1. The molecule has 612 valence electrons. The van der Waals surface area contributed by atoms with Gasteiger partial charge in [-0.05, 0) is 257 Å². The summed E-state index contributed by atoms with van der Waals surface area (Å²) in [5.41, 5.74) is 30.5. The Kier molecular flexibility index (Phi) is 20.2. The van der Waals surface area contributed by atoms with Gasteiger partial charge >= 0.3 is 0 Å². The topological polar surface area (TPSA) is 39.2 Å². The predicted octanol–water partition coefficient (Wildman–Crippen LogP) is 35.7. The van der Waals surface area contributed by atoms with Gasteiger partial charge in [0.05, 0.1) is 0 Å². The van der Waals surface area contributed by atoms with Crippen LogP contribution in [0.2, 0.25) is 0 Å². The normalized spacial score (nSPS) is 11.4. The number of benzene rings is 22. The van der Waals surface area contributed by atoms with Crippen molar-refractivity contribution in [1.29, 1.82) is 0 Å². The highest BCUT2D eigenvalue weighted by Crippen LogP contribution is 2.50. The molecule has 2 aromatic heterocycles. The van der Waals surface area contributed by atoms with E-state index < -0.39 is 0 Å². The second kappa shape index (κ2) is 34.0. The average Bonchev–Trinajstić information content (AvgIpc) is 1.53. The van der Waals surface area contributed by atoms with Gasteiger partial charge in [0.15, 0.2) is 0 Å². The zero-order valence-electron chi connectivity index (χ0n) is 71.1. The number of furan rings is 2. The molecule has 6 nitrogen and oxygen atoms in total. The molecule has 0 spiro atoms. The predicted molar refractivity (Wildman–Crippen MR) is 549 cm³/mol. The number of nitrogens with zero attached hydrogens (tertiary/aromatic N) is 4. The summed E-state index contributed by atoms with van der Waals surface area (Å²) in [6.45, 7) is 0. The smallest absolute Gasteiger partial charge is 0.143 e. The highest BCUT2D eigenvalue weighted by molar-refractivity contribution is 6.32. The number of fused-ring (bicyclic) bond motifs is 16. The van der Waals surface area contributed by atoms with Gasteiger partial charge in [-0.25, -0.2) is 0 Å². The maximum absolute atomic E-state index is 7.13. The van der Waals surface area contributed by atoms with Gasteiger partial charge in [0.1, 0.15) is 22.3 Å². The van der Waals surface area contributed by atoms with Crippen molar-refractivity contribution in [2.24, 2.45) is 0 Å². The Hall–Kier alpha value is -17.3. The quantitative estimate of drug-likeness (QED) is 0.0798. The zero-order valence-corrected chi connectivity index (χ0v) is 71.1. The molecule has 6 heteroatoms. The first-order valence-corrected chi connectivity index (χ1v) is 44.3. The number of hydrogen-bond donors (Lipinski definition) is 0. The molecule has 24 aromatic rings. The molecule has 2 heterocycles. The minimum atomic E-state index is 0.838. The lowest BCUT2D eigenvalue weighted by atomic mass is 9.96. The molecule has 130 heavy (non-hydrogen) atoms. The summed E-state index contributed by atoms with van der Waals surface area (Å²) < 4.78 is 14.1. The van der Waals surface area contributed by atoms with Crippen LogP contribution in [0.1, 0.15) is 0 Å². The Bertz CT molecular complexity index is 7900. The Morgan fingerprint density at radius 3 is 0.531 bits per heavy atom. The van der Waals surface area contributed by atoms with Crippen molar-refractivity contribution in [2.45, 2.75) is 0 Å². The van der Waals surface area contributed by atoms with Gasteiger partial charge in [0, 0.05) is 113 Å². The van der Waals surface area contributed by atoms with Crippen LogP contribution in [0.5, 0.6) is 0 Å². The second-order valence-corrected chi connectivity index (χ2v) is 33.0. The summed E-state index contributed by atoms with van der Waals surface area (Å²) >= 11 is 0. The van der Waals surface area contributed by atoms with Crippen molar-refractivity contribution in [3.05, 3.63) is 510 Å². The van der Waals surface area contributed by atoms with Crippen molar-refractivity contribution in [1.82, 2.24) is 0 Å². The van der Waals surface area contributed by atoms with E-state index in [0.29, 0.717) is 0 Å². The van der Waals surface area contributed by atoms with E-state index in [-0.39, 0.29) is 0 Å². The fraction of sp³-hybridized carbons (Fsp3) is 0. The van der Waals surface area contributed by atoms with E-state index in [1.165, 1.54) is 82.9 Å². The van der Waals surface area contributed by atoms with Crippen LogP contribution in [-0.2, 0) is 0 Å². The lowest BCUT2D eigenvalue weighted by Crippen LogP contribution is -2.10. The molecule has 0 aliphatic carbocycles. The summed E-state index contributed by atoms with van der Waals surface area (Å²) in [7, 11) is 0. The second-order valence-electron chi connectivity index (χ2n) is 33.0. The molecule has 0 amide bonds. The fourth-order valence-electron chi connectivity index (χ4n) is 19.0. The Morgan fingerprint density at radius 2 is 0.292 bits per heavy atom. The molecule has 0 bridgehead atoms. The van der Waals surface area contributed by atoms with Crippen LogP contribution < -0.4 is 19.6 Å². The molecule has 22 aromatic carbocycles. The molecule has 0 aliphatic heterocycles. The Balaban J connectivity index is 0.000000151. The van der Waals surface area contributed by atoms with Crippen molar-refractivity contribution in [2.75, 3.05) is 19.6 Å². The van der Waals surface area contributed by atoms with Crippen LogP contribution in [0.3, 0.4) is 0 Å².